The Morgan fingerprint density at radius 3 is 2.07 bits per heavy atom. The van der Waals surface area contributed by atoms with E-state index in [-0.39, 0.29) is 4.90 Å². The summed E-state index contributed by atoms with van der Waals surface area (Å²) >= 11 is 0. The first-order chi connectivity index (χ1) is 14.5. The molecule has 0 N–H and O–H groups in total. The van der Waals surface area contributed by atoms with Crippen molar-refractivity contribution < 1.29 is 8.42 Å². The van der Waals surface area contributed by atoms with E-state index < -0.39 is 20.7 Å². The van der Waals surface area contributed by atoms with E-state index in [1.54, 1.807) is 24.3 Å². The summed E-state index contributed by atoms with van der Waals surface area (Å²) in [6.07, 6.45) is 0. The first-order valence-corrected chi connectivity index (χ1v) is 12.2. The Morgan fingerprint density at radius 1 is 0.667 bits per heavy atom. The van der Waals surface area contributed by atoms with E-state index in [0.29, 0.717) is 0 Å². The van der Waals surface area contributed by atoms with Gasteiger partial charge in [0.1, 0.15) is 0 Å². The van der Waals surface area contributed by atoms with Gasteiger partial charge in [-0.25, -0.2) is 0 Å². The third kappa shape index (κ3) is 3.20. The quantitative estimate of drug-likeness (QED) is 0.340. The van der Waals surface area contributed by atoms with Gasteiger partial charge in [-0.2, -0.15) is 8.42 Å². The first-order valence-electron chi connectivity index (χ1n) is 9.61. The zero-order valence-electron chi connectivity index (χ0n) is 16.3. The summed E-state index contributed by atoms with van der Waals surface area (Å²) in [5, 5.41) is 0. The van der Waals surface area contributed by atoms with Crippen molar-refractivity contribution in [2.45, 2.75) is 21.6 Å². The van der Waals surface area contributed by atoms with Crippen LogP contribution in [-0.4, -0.2) is 8.42 Å². The molecule has 30 heavy (non-hydrogen) atoms. The number of aryl methyl sites for hydroxylation is 1. The lowest BCUT2D eigenvalue weighted by molar-refractivity contribution is 0.598. The molecule has 148 valence electrons. The molecule has 0 saturated heterocycles. The van der Waals surface area contributed by atoms with Crippen LogP contribution in [0.25, 0.3) is 22.3 Å². The van der Waals surface area contributed by atoms with Gasteiger partial charge in [-0.05, 0) is 58.1 Å². The molecule has 0 aliphatic carbocycles. The average Bonchev–Trinajstić information content (AvgIpc) is 3.08. The lowest BCUT2D eigenvalue weighted by Crippen LogP contribution is -2.01. The molecule has 1 aliphatic rings. The minimum absolute atomic E-state index is 0.226. The van der Waals surface area contributed by atoms with Crippen LogP contribution < -0.4 is 0 Å². The summed E-state index contributed by atoms with van der Waals surface area (Å²) in [7, 11) is -4.73. The molecule has 1 aliphatic heterocycles. The lowest BCUT2D eigenvalue weighted by Gasteiger charge is -2.11. The van der Waals surface area contributed by atoms with Crippen molar-refractivity contribution in [1.29, 1.82) is 0 Å². The summed E-state index contributed by atoms with van der Waals surface area (Å²) < 4.78 is 30.9. The summed E-state index contributed by atoms with van der Waals surface area (Å²) in [4.78, 5) is 2.15. The van der Waals surface area contributed by atoms with Gasteiger partial charge in [-0.3, -0.25) is 0 Å². The highest BCUT2D eigenvalue weighted by molar-refractivity contribution is 8.00. The molecule has 0 spiro atoms. The highest BCUT2D eigenvalue weighted by Crippen LogP contribution is 2.46. The summed E-state index contributed by atoms with van der Waals surface area (Å²) in [5.74, 6) is 0. The summed E-state index contributed by atoms with van der Waals surface area (Å²) in [5.41, 5.74) is 5.20. The average molecular weight is 430 g/mol. The predicted octanol–water partition coefficient (Wildman–Crippen LogP) is 6.25. The van der Waals surface area contributed by atoms with Gasteiger partial charge in [0.15, 0.2) is 0 Å². The molecule has 4 aromatic rings. The first kappa shape index (κ1) is 19.0. The minimum atomic E-state index is -3.81. The highest BCUT2D eigenvalue weighted by atomic mass is 32.3. The number of benzene rings is 4. The van der Waals surface area contributed by atoms with Gasteiger partial charge in [-0.1, -0.05) is 84.4 Å². The lowest BCUT2D eigenvalue weighted by atomic mass is 9.99. The van der Waals surface area contributed by atoms with Crippen molar-refractivity contribution in [3.8, 4) is 22.3 Å². The third-order valence-electron chi connectivity index (χ3n) is 5.17. The number of rotatable bonds is 3. The van der Waals surface area contributed by atoms with Gasteiger partial charge >= 0.3 is 0 Å². The Kier molecular flexibility index (Phi) is 4.65. The van der Waals surface area contributed by atoms with Gasteiger partial charge in [0.25, 0.3) is 10.0 Å². The van der Waals surface area contributed by atoms with E-state index in [0.717, 1.165) is 37.6 Å². The number of hydrogen-bond donors (Lipinski definition) is 0. The maximum absolute atomic E-state index is 13.2. The molecular formula is C25H19NO2S2. The number of nitrogens with zero attached hydrogens (tertiary/aromatic N) is 1. The number of fused-ring (bicyclic) bond motifs is 3. The summed E-state index contributed by atoms with van der Waals surface area (Å²) in [6.45, 7) is 1.94. The van der Waals surface area contributed by atoms with Crippen LogP contribution in [0.2, 0.25) is 0 Å². The SMILES string of the molecule is Cc1ccc(S(=O)(=O)/N=S2\c3ccccc3-c3cccc(-c4ccccc4)c32)cc1. The molecule has 3 nitrogen and oxygen atoms in total. The summed E-state index contributed by atoms with van der Waals surface area (Å²) in [6, 6.07) is 31.0. The van der Waals surface area contributed by atoms with Crippen LogP contribution in [0.15, 0.2) is 116 Å². The van der Waals surface area contributed by atoms with E-state index in [1.165, 1.54) is 0 Å². The van der Waals surface area contributed by atoms with Crippen molar-refractivity contribution in [2.24, 2.45) is 3.77 Å². The molecule has 0 radical (unpaired) electrons. The molecule has 1 atom stereocenters. The third-order valence-corrected chi connectivity index (χ3v) is 9.02. The fourth-order valence-electron chi connectivity index (χ4n) is 3.70. The van der Waals surface area contributed by atoms with Crippen molar-refractivity contribution in [3.05, 3.63) is 103 Å². The zero-order chi connectivity index (χ0) is 20.7. The normalized spacial score (nSPS) is 15.0. The molecule has 0 aromatic heterocycles. The van der Waals surface area contributed by atoms with Gasteiger partial charge in [-0.15, -0.1) is 3.77 Å². The van der Waals surface area contributed by atoms with E-state index >= 15 is 0 Å². The maximum atomic E-state index is 13.2. The van der Waals surface area contributed by atoms with E-state index in [2.05, 4.69) is 22.0 Å². The predicted molar refractivity (Wildman–Crippen MR) is 122 cm³/mol. The fourth-order valence-corrected chi connectivity index (χ4v) is 7.52. The number of hydrogen-bond acceptors (Lipinski definition) is 2. The zero-order valence-corrected chi connectivity index (χ0v) is 18.0. The van der Waals surface area contributed by atoms with Gasteiger partial charge in [0, 0.05) is 9.79 Å². The molecular weight excluding hydrogens is 410 g/mol. The molecule has 0 saturated carbocycles. The van der Waals surface area contributed by atoms with Gasteiger partial charge < -0.3 is 0 Å². The second-order valence-electron chi connectivity index (χ2n) is 7.19. The molecule has 0 fully saturated rings. The van der Waals surface area contributed by atoms with Crippen molar-refractivity contribution in [1.82, 2.24) is 0 Å². The minimum Gasteiger partial charge on any atom is -0.199 e. The molecule has 0 bridgehead atoms. The Morgan fingerprint density at radius 2 is 1.30 bits per heavy atom. The molecule has 0 amide bonds. The Hall–Kier alpha value is -3.02. The van der Waals surface area contributed by atoms with Crippen molar-refractivity contribution in [3.63, 3.8) is 0 Å². The highest BCUT2D eigenvalue weighted by Gasteiger charge is 2.29. The van der Waals surface area contributed by atoms with Crippen LogP contribution >= 0.6 is 0 Å². The van der Waals surface area contributed by atoms with Crippen molar-refractivity contribution in [2.75, 3.05) is 0 Å². The van der Waals surface area contributed by atoms with Crippen LogP contribution in [-0.2, 0) is 20.7 Å². The second kappa shape index (κ2) is 7.35. The van der Waals surface area contributed by atoms with Crippen LogP contribution in [0.4, 0.5) is 0 Å². The maximum Gasteiger partial charge on any atom is 0.288 e. The molecule has 5 heteroatoms. The molecule has 5 rings (SSSR count). The smallest absolute Gasteiger partial charge is 0.199 e. The number of sulfonamides is 1. The molecule has 1 unspecified atom stereocenters. The van der Waals surface area contributed by atoms with Crippen LogP contribution in [0.3, 0.4) is 0 Å². The van der Waals surface area contributed by atoms with Crippen LogP contribution in [0, 0.1) is 6.92 Å². The molecule has 1 heterocycles. The monoisotopic (exact) mass is 429 g/mol. The topological polar surface area (TPSA) is 46.5 Å². The molecule has 4 aromatic carbocycles. The van der Waals surface area contributed by atoms with Crippen molar-refractivity contribution >= 4 is 20.7 Å². The largest absolute Gasteiger partial charge is 0.288 e. The van der Waals surface area contributed by atoms with E-state index in [1.807, 2.05) is 61.5 Å². The Labute approximate surface area is 179 Å². The van der Waals surface area contributed by atoms with Gasteiger partial charge in [0.2, 0.25) is 0 Å². The second-order valence-corrected chi connectivity index (χ2v) is 10.6. The Balaban J connectivity index is 1.78. The van der Waals surface area contributed by atoms with E-state index in [9.17, 15) is 8.42 Å². The fraction of sp³-hybridized carbons (Fsp3) is 0.0400. The Bertz CT molecular complexity index is 1390. The van der Waals surface area contributed by atoms with Crippen LogP contribution in [0.1, 0.15) is 5.56 Å². The standard InChI is InChI=1S/C25H19NO2S2/c1-18-14-16-20(17-15-18)30(27,28)26-29-24-13-6-5-10-22(24)23-12-7-11-21(25(23)29)19-8-3-2-4-9-19/h2-17H,1H3. The van der Waals surface area contributed by atoms with Crippen LogP contribution in [0.5, 0.6) is 0 Å². The van der Waals surface area contributed by atoms with Gasteiger partial charge in [0.05, 0.1) is 4.90 Å². The van der Waals surface area contributed by atoms with E-state index in [4.69, 9.17) is 0 Å².